The van der Waals surface area contributed by atoms with Crippen LogP contribution >= 0.6 is 34.5 Å². The highest BCUT2D eigenvalue weighted by molar-refractivity contribution is 7.12. The van der Waals surface area contributed by atoms with E-state index < -0.39 is 0 Å². The molecule has 2 rings (SSSR count). The summed E-state index contributed by atoms with van der Waals surface area (Å²) in [7, 11) is 0. The lowest BCUT2D eigenvalue weighted by atomic mass is 10.2. The van der Waals surface area contributed by atoms with Crippen molar-refractivity contribution in [2.45, 2.75) is 0 Å². The molecule has 0 aliphatic rings. The predicted octanol–water partition coefficient (Wildman–Crippen LogP) is 3.51. The number of nitrogens with zero attached hydrogens (tertiary/aromatic N) is 2. The van der Waals surface area contributed by atoms with Gasteiger partial charge in [-0.2, -0.15) is 0 Å². The smallest absolute Gasteiger partial charge is 0.147 e. The Bertz CT molecular complexity index is 394. The third-order valence-corrected chi connectivity index (χ3v) is 2.88. The summed E-state index contributed by atoms with van der Waals surface area (Å²) in [5.74, 6) is 0. The van der Waals surface area contributed by atoms with Gasteiger partial charge in [0.05, 0.1) is 10.0 Å². The van der Waals surface area contributed by atoms with Crippen LogP contribution in [-0.2, 0) is 0 Å². The largest absolute Gasteiger partial charge is 0.150 e. The van der Waals surface area contributed by atoms with E-state index in [1.807, 2.05) is 0 Å². The molecule has 0 amide bonds. The molecule has 5 heteroatoms. The van der Waals surface area contributed by atoms with Crippen molar-refractivity contribution < 1.29 is 0 Å². The van der Waals surface area contributed by atoms with Gasteiger partial charge in [-0.15, -0.1) is 10.2 Å². The maximum absolute atomic E-state index is 5.98. The number of hydrogen-bond acceptors (Lipinski definition) is 3. The molecule has 0 spiro atoms. The number of rotatable bonds is 1. The van der Waals surface area contributed by atoms with Crippen molar-refractivity contribution in [3.8, 4) is 10.6 Å². The van der Waals surface area contributed by atoms with Gasteiger partial charge in [-0.3, -0.25) is 0 Å². The van der Waals surface area contributed by atoms with Gasteiger partial charge >= 0.3 is 0 Å². The molecule has 66 valence electrons. The van der Waals surface area contributed by atoms with Crippen molar-refractivity contribution >= 4 is 34.5 Å². The minimum atomic E-state index is 0.601. The molecule has 2 nitrogen and oxygen atoms in total. The SMILES string of the molecule is Clc1cccc(Cl)c1-c1nncs1. The highest BCUT2D eigenvalue weighted by Crippen LogP contribution is 2.34. The number of aromatic nitrogens is 2. The molecule has 1 heterocycles. The van der Waals surface area contributed by atoms with Crippen LogP contribution in [0.4, 0.5) is 0 Å². The van der Waals surface area contributed by atoms with E-state index in [2.05, 4.69) is 10.2 Å². The van der Waals surface area contributed by atoms with E-state index >= 15 is 0 Å². The van der Waals surface area contributed by atoms with E-state index in [1.54, 1.807) is 23.7 Å². The zero-order valence-electron chi connectivity index (χ0n) is 6.37. The van der Waals surface area contributed by atoms with Crippen molar-refractivity contribution in [3.63, 3.8) is 0 Å². The van der Waals surface area contributed by atoms with Crippen LogP contribution < -0.4 is 0 Å². The van der Waals surface area contributed by atoms with Crippen LogP contribution in [0.15, 0.2) is 23.7 Å². The zero-order chi connectivity index (χ0) is 9.26. The van der Waals surface area contributed by atoms with Gasteiger partial charge in [0.1, 0.15) is 5.51 Å². The third kappa shape index (κ3) is 1.68. The van der Waals surface area contributed by atoms with Crippen LogP contribution in [0.5, 0.6) is 0 Å². The van der Waals surface area contributed by atoms with Gasteiger partial charge in [-0.05, 0) is 12.1 Å². The van der Waals surface area contributed by atoms with E-state index in [9.17, 15) is 0 Å². The van der Waals surface area contributed by atoms with Gasteiger partial charge in [0.2, 0.25) is 0 Å². The van der Waals surface area contributed by atoms with Crippen LogP contribution in [0.3, 0.4) is 0 Å². The highest BCUT2D eigenvalue weighted by Gasteiger charge is 2.10. The first-order valence-corrected chi connectivity index (χ1v) is 5.13. The average Bonchev–Trinajstić information content (AvgIpc) is 2.57. The van der Waals surface area contributed by atoms with Gasteiger partial charge in [0.15, 0.2) is 5.01 Å². The lowest BCUT2D eigenvalue weighted by molar-refractivity contribution is 1.10. The fourth-order valence-electron chi connectivity index (χ4n) is 0.984. The fraction of sp³-hybridized carbons (Fsp3) is 0. The molecule has 0 aliphatic heterocycles. The van der Waals surface area contributed by atoms with E-state index in [1.165, 1.54) is 11.3 Å². The average molecular weight is 231 g/mol. The van der Waals surface area contributed by atoms with E-state index in [0.29, 0.717) is 10.0 Å². The molecule has 1 aromatic carbocycles. The Balaban J connectivity index is 2.64. The Hall–Kier alpha value is -0.640. The minimum absolute atomic E-state index is 0.601. The number of halogens is 2. The molecule has 0 fully saturated rings. The van der Waals surface area contributed by atoms with Crippen molar-refractivity contribution in [1.82, 2.24) is 10.2 Å². The normalized spacial score (nSPS) is 10.3. The summed E-state index contributed by atoms with van der Waals surface area (Å²) >= 11 is 13.4. The maximum atomic E-state index is 5.98. The van der Waals surface area contributed by atoms with E-state index in [0.717, 1.165) is 10.6 Å². The molecule has 0 bridgehead atoms. The zero-order valence-corrected chi connectivity index (χ0v) is 8.70. The van der Waals surface area contributed by atoms with Crippen LogP contribution in [0.25, 0.3) is 10.6 Å². The minimum Gasteiger partial charge on any atom is -0.147 e. The molecular weight excluding hydrogens is 227 g/mol. The van der Waals surface area contributed by atoms with Gasteiger partial charge in [0.25, 0.3) is 0 Å². The molecule has 0 saturated heterocycles. The van der Waals surface area contributed by atoms with Gasteiger partial charge in [-0.1, -0.05) is 40.6 Å². The van der Waals surface area contributed by atoms with E-state index in [-0.39, 0.29) is 0 Å². The topological polar surface area (TPSA) is 25.8 Å². The van der Waals surface area contributed by atoms with Gasteiger partial charge in [-0.25, -0.2) is 0 Å². The Labute approximate surface area is 89.1 Å². The molecule has 0 radical (unpaired) electrons. The Morgan fingerprint density at radius 1 is 1.15 bits per heavy atom. The van der Waals surface area contributed by atoms with Crippen LogP contribution in [0.2, 0.25) is 10.0 Å². The first kappa shape index (κ1) is 8.94. The van der Waals surface area contributed by atoms with Crippen molar-refractivity contribution in [2.75, 3.05) is 0 Å². The summed E-state index contributed by atoms with van der Waals surface area (Å²) < 4.78 is 0. The number of hydrogen-bond donors (Lipinski definition) is 0. The Morgan fingerprint density at radius 2 is 1.85 bits per heavy atom. The molecule has 0 N–H and O–H groups in total. The predicted molar refractivity (Wildman–Crippen MR) is 55.4 cm³/mol. The molecule has 0 atom stereocenters. The Kier molecular flexibility index (Phi) is 2.49. The molecule has 0 aliphatic carbocycles. The van der Waals surface area contributed by atoms with E-state index in [4.69, 9.17) is 23.2 Å². The number of benzene rings is 1. The second-order valence-corrected chi connectivity index (χ2v) is 3.99. The first-order chi connectivity index (χ1) is 6.29. The molecule has 2 aromatic rings. The highest BCUT2D eigenvalue weighted by atomic mass is 35.5. The van der Waals surface area contributed by atoms with Gasteiger partial charge in [0, 0.05) is 5.56 Å². The van der Waals surface area contributed by atoms with Crippen molar-refractivity contribution in [2.24, 2.45) is 0 Å². The second-order valence-electron chi connectivity index (χ2n) is 2.34. The molecule has 1 aromatic heterocycles. The fourth-order valence-corrected chi connectivity index (χ4v) is 2.30. The molecule has 13 heavy (non-hydrogen) atoms. The summed E-state index contributed by atoms with van der Waals surface area (Å²) in [5, 5.41) is 9.59. The molecule has 0 unspecified atom stereocenters. The van der Waals surface area contributed by atoms with Crippen molar-refractivity contribution in [3.05, 3.63) is 33.8 Å². The molecule has 0 saturated carbocycles. The second kappa shape index (κ2) is 3.62. The molecular formula is C8H4Cl2N2S. The van der Waals surface area contributed by atoms with Crippen molar-refractivity contribution in [1.29, 1.82) is 0 Å². The first-order valence-electron chi connectivity index (χ1n) is 3.49. The van der Waals surface area contributed by atoms with Crippen LogP contribution in [0, 0.1) is 0 Å². The maximum Gasteiger partial charge on any atom is 0.150 e. The van der Waals surface area contributed by atoms with Crippen LogP contribution in [0.1, 0.15) is 0 Å². The monoisotopic (exact) mass is 230 g/mol. The summed E-state index contributed by atoms with van der Waals surface area (Å²) in [6.45, 7) is 0. The van der Waals surface area contributed by atoms with Gasteiger partial charge < -0.3 is 0 Å². The summed E-state index contributed by atoms with van der Waals surface area (Å²) in [4.78, 5) is 0. The summed E-state index contributed by atoms with van der Waals surface area (Å²) in [5.41, 5.74) is 2.41. The third-order valence-electron chi connectivity index (χ3n) is 1.54. The quantitative estimate of drug-likeness (QED) is 0.750. The lowest BCUT2D eigenvalue weighted by Crippen LogP contribution is -1.80. The lowest BCUT2D eigenvalue weighted by Gasteiger charge is -2.00. The summed E-state index contributed by atoms with van der Waals surface area (Å²) in [6, 6.07) is 5.36. The Morgan fingerprint density at radius 3 is 2.38 bits per heavy atom. The standard InChI is InChI=1S/C8H4Cl2N2S/c9-5-2-1-3-6(10)7(5)8-12-11-4-13-8/h1-4H. The summed E-state index contributed by atoms with van der Waals surface area (Å²) in [6.07, 6.45) is 0. The van der Waals surface area contributed by atoms with Crippen LogP contribution in [-0.4, -0.2) is 10.2 Å².